The second kappa shape index (κ2) is 4.65. The average Bonchev–Trinajstić information content (AvgIpc) is 2.15. The lowest BCUT2D eigenvalue weighted by molar-refractivity contribution is -0.114. The maximum Gasteiger partial charge on any atom is 0.221 e. The fourth-order valence-corrected chi connectivity index (χ4v) is 2.27. The molecule has 16 heavy (non-hydrogen) atoms. The van der Waals surface area contributed by atoms with Crippen LogP contribution in [0.1, 0.15) is 19.4 Å². The molecule has 0 atom stereocenters. The van der Waals surface area contributed by atoms with Crippen LogP contribution in [-0.4, -0.2) is 20.6 Å². The largest absolute Gasteiger partial charge is 0.325 e. The summed E-state index contributed by atoms with van der Waals surface area (Å²) >= 11 is 0. The average molecular weight is 241 g/mol. The first-order chi connectivity index (χ1) is 7.34. The van der Waals surface area contributed by atoms with Crippen molar-refractivity contribution in [2.24, 2.45) is 0 Å². The molecular weight excluding hydrogens is 226 g/mol. The van der Waals surface area contributed by atoms with Gasteiger partial charge in [-0.2, -0.15) is 0 Å². The summed E-state index contributed by atoms with van der Waals surface area (Å²) in [4.78, 5) is 11.1. The van der Waals surface area contributed by atoms with Crippen molar-refractivity contribution in [3.8, 4) is 0 Å². The SMILES string of the molecule is CCc1ccc(NC(C)=O)c(S(C)(=O)=O)c1. The van der Waals surface area contributed by atoms with Gasteiger partial charge in [0.2, 0.25) is 5.91 Å². The van der Waals surface area contributed by atoms with Crippen LogP contribution in [-0.2, 0) is 21.1 Å². The predicted octanol–water partition coefficient (Wildman–Crippen LogP) is 1.61. The monoisotopic (exact) mass is 241 g/mol. The number of anilines is 1. The zero-order chi connectivity index (χ0) is 12.3. The molecule has 5 heteroatoms. The van der Waals surface area contributed by atoms with Gasteiger partial charge in [0, 0.05) is 13.2 Å². The van der Waals surface area contributed by atoms with Gasteiger partial charge in [0.25, 0.3) is 0 Å². The topological polar surface area (TPSA) is 63.2 Å². The van der Waals surface area contributed by atoms with Crippen molar-refractivity contribution in [1.29, 1.82) is 0 Å². The van der Waals surface area contributed by atoms with Crippen LogP contribution < -0.4 is 5.32 Å². The molecule has 0 heterocycles. The number of rotatable bonds is 3. The number of amides is 1. The molecule has 1 N–H and O–H groups in total. The van der Waals surface area contributed by atoms with E-state index in [1.807, 2.05) is 6.92 Å². The summed E-state index contributed by atoms with van der Waals surface area (Å²) in [5.41, 5.74) is 1.27. The Morgan fingerprint density at radius 2 is 2.00 bits per heavy atom. The van der Waals surface area contributed by atoms with Crippen LogP contribution in [0.15, 0.2) is 23.1 Å². The molecule has 0 fully saturated rings. The highest BCUT2D eigenvalue weighted by Gasteiger charge is 2.14. The van der Waals surface area contributed by atoms with Gasteiger partial charge in [0.15, 0.2) is 9.84 Å². The molecule has 0 bridgehead atoms. The smallest absolute Gasteiger partial charge is 0.221 e. The number of benzene rings is 1. The highest BCUT2D eigenvalue weighted by atomic mass is 32.2. The number of hydrogen-bond donors (Lipinski definition) is 1. The van der Waals surface area contributed by atoms with E-state index in [9.17, 15) is 13.2 Å². The highest BCUT2D eigenvalue weighted by Crippen LogP contribution is 2.23. The van der Waals surface area contributed by atoms with Crippen molar-refractivity contribution in [2.75, 3.05) is 11.6 Å². The van der Waals surface area contributed by atoms with Crippen LogP contribution in [0.2, 0.25) is 0 Å². The Balaban J connectivity index is 3.33. The fraction of sp³-hybridized carbons (Fsp3) is 0.364. The van der Waals surface area contributed by atoms with Crippen molar-refractivity contribution in [1.82, 2.24) is 0 Å². The Hall–Kier alpha value is -1.36. The standard InChI is InChI=1S/C11H15NO3S/c1-4-9-5-6-10(12-8(2)13)11(7-9)16(3,14)15/h5-7H,4H2,1-3H3,(H,12,13). The van der Waals surface area contributed by atoms with Crippen molar-refractivity contribution < 1.29 is 13.2 Å². The quantitative estimate of drug-likeness (QED) is 0.874. The summed E-state index contributed by atoms with van der Waals surface area (Å²) in [6.07, 6.45) is 1.88. The first-order valence-corrected chi connectivity index (χ1v) is 6.84. The zero-order valence-electron chi connectivity index (χ0n) is 9.57. The summed E-state index contributed by atoms with van der Waals surface area (Å²) in [5.74, 6) is -0.283. The Morgan fingerprint density at radius 3 is 2.44 bits per heavy atom. The molecular formula is C11H15NO3S. The summed E-state index contributed by atoms with van der Waals surface area (Å²) in [7, 11) is -3.33. The van der Waals surface area contributed by atoms with Gasteiger partial charge in [-0.25, -0.2) is 8.42 Å². The Morgan fingerprint density at radius 1 is 1.38 bits per heavy atom. The lowest BCUT2D eigenvalue weighted by Gasteiger charge is -2.09. The van der Waals surface area contributed by atoms with Gasteiger partial charge in [-0.3, -0.25) is 4.79 Å². The molecule has 0 radical (unpaired) electrons. The van der Waals surface area contributed by atoms with E-state index < -0.39 is 9.84 Å². The summed E-state index contributed by atoms with van der Waals surface area (Å²) in [6, 6.07) is 5.02. The molecule has 0 aliphatic heterocycles. The minimum absolute atomic E-state index is 0.169. The third kappa shape index (κ3) is 3.06. The van der Waals surface area contributed by atoms with E-state index in [1.54, 1.807) is 18.2 Å². The lowest BCUT2D eigenvalue weighted by atomic mass is 10.1. The first kappa shape index (κ1) is 12.7. The molecule has 1 rings (SSSR count). The summed E-state index contributed by atoms with van der Waals surface area (Å²) < 4.78 is 23.1. The Kier molecular flexibility index (Phi) is 3.70. The van der Waals surface area contributed by atoms with E-state index in [4.69, 9.17) is 0 Å². The maximum absolute atomic E-state index is 11.6. The van der Waals surface area contributed by atoms with Gasteiger partial charge in [-0.1, -0.05) is 13.0 Å². The molecule has 0 aliphatic rings. The molecule has 0 spiro atoms. The van der Waals surface area contributed by atoms with E-state index in [0.29, 0.717) is 5.69 Å². The minimum Gasteiger partial charge on any atom is -0.325 e. The van der Waals surface area contributed by atoms with Crippen molar-refractivity contribution in [3.05, 3.63) is 23.8 Å². The Bertz CT molecular complexity index is 506. The molecule has 1 aromatic rings. The minimum atomic E-state index is -3.33. The molecule has 0 aromatic heterocycles. The second-order valence-electron chi connectivity index (χ2n) is 3.64. The molecule has 0 unspecified atom stereocenters. The number of carbonyl (C=O) groups is 1. The molecule has 4 nitrogen and oxygen atoms in total. The number of sulfone groups is 1. The van der Waals surface area contributed by atoms with Crippen molar-refractivity contribution in [3.63, 3.8) is 0 Å². The van der Waals surface area contributed by atoms with Gasteiger partial charge >= 0.3 is 0 Å². The fourth-order valence-electron chi connectivity index (χ4n) is 1.39. The maximum atomic E-state index is 11.6. The van der Waals surface area contributed by atoms with Crippen LogP contribution in [0, 0.1) is 0 Å². The Labute approximate surface area is 95.6 Å². The van der Waals surface area contributed by atoms with E-state index in [2.05, 4.69) is 5.32 Å². The van der Waals surface area contributed by atoms with Crippen molar-refractivity contribution in [2.45, 2.75) is 25.2 Å². The number of nitrogens with one attached hydrogen (secondary N) is 1. The van der Waals surface area contributed by atoms with Crippen LogP contribution >= 0.6 is 0 Å². The molecule has 0 saturated heterocycles. The van der Waals surface area contributed by atoms with Gasteiger partial charge in [-0.05, 0) is 24.1 Å². The molecule has 1 amide bonds. The van der Waals surface area contributed by atoms with Crippen LogP contribution in [0.3, 0.4) is 0 Å². The summed E-state index contributed by atoms with van der Waals surface area (Å²) in [6.45, 7) is 3.29. The molecule has 0 saturated carbocycles. The zero-order valence-corrected chi connectivity index (χ0v) is 10.4. The van der Waals surface area contributed by atoms with Gasteiger partial charge in [0.05, 0.1) is 10.6 Å². The van der Waals surface area contributed by atoms with Crippen LogP contribution in [0.4, 0.5) is 5.69 Å². The third-order valence-electron chi connectivity index (χ3n) is 2.16. The molecule has 88 valence electrons. The van der Waals surface area contributed by atoms with Gasteiger partial charge in [-0.15, -0.1) is 0 Å². The number of aryl methyl sites for hydroxylation is 1. The predicted molar refractivity (Wildman–Crippen MR) is 63.2 cm³/mol. The number of hydrogen-bond acceptors (Lipinski definition) is 3. The third-order valence-corrected chi connectivity index (χ3v) is 3.30. The molecule has 1 aromatic carbocycles. The van der Waals surface area contributed by atoms with Gasteiger partial charge < -0.3 is 5.32 Å². The van der Waals surface area contributed by atoms with E-state index >= 15 is 0 Å². The number of carbonyl (C=O) groups excluding carboxylic acids is 1. The normalized spacial score (nSPS) is 11.2. The second-order valence-corrected chi connectivity index (χ2v) is 5.62. The molecule has 0 aliphatic carbocycles. The van der Waals surface area contributed by atoms with Crippen LogP contribution in [0.5, 0.6) is 0 Å². The van der Waals surface area contributed by atoms with E-state index in [-0.39, 0.29) is 10.8 Å². The summed E-state index contributed by atoms with van der Waals surface area (Å²) in [5, 5.41) is 2.51. The van der Waals surface area contributed by atoms with Crippen LogP contribution in [0.25, 0.3) is 0 Å². The lowest BCUT2D eigenvalue weighted by Crippen LogP contribution is -2.10. The van der Waals surface area contributed by atoms with E-state index in [0.717, 1.165) is 18.2 Å². The van der Waals surface area contributed by atoms with Crippen molar-refractivity contribution >= 4 is 21.4 Å². The highest BCUT2D eigenvalue weighted by molar-refractivity contribution is 7.90. The van der Waals surface area contributed by atoms with E-state index in [1.165, 1.54) is 6.92 Å². The van der Waals surface area contributed by atoms with Gasteiger partial charge in [0.1, 0.15) is 0 Å². The first-order valence-electron chi connectivity index (χ1n) is 4.95.